The fraction of sp³-hybridized carbons (Fsp3) is 0.533. The second kappa shape index (κ2) is 7.87. The highest BCUT2D eigenvalue weighted by Crippen LogP contribution is 2.16. The number of rotatable bonds is 7. The van der Waals surface area contributed by atoms with Crippen LogP contribution in [0.5, 0.6) is 0 Å². The maximum Gasteiger partial charge on any atom is 0.303 e. The van der Waals surface area contributed by atoms with Gasteiger partial charge in [0.15, 0.2) is 0 Å². The van der Waals surface area contributed by atoms with E-state index in [0.29, 0.717) is 6.42 Å². The molecule has 0 radical (unpaired) electrons. The van der Waals surface area contributed by atoms with Gasteiger partial charge in [0.2, 0.25) is 0 Å². The predicted molar refractivity (Wildman–Crippen MR) is 78.1 cm³/mol. The average Bonchev–Trinajstić information content (AvgIpc) is 2.48. The number of carboxylic acid groups (broad SMARTS) is 1. The number of carbonyl (C=O) groups is 1. The van der Waals surface area contributed by atoms with Gasteiger partial charge in [-0.25, -0.2) is 0 Å². The van der Waals surface area contributed by atoms with E-state index >= 15 is 0 Å². The molecule has 0 spiro atoms. The molecule has 1 saturated heterocycles. The predicted octanol–water partition coefficient (Wildman–Crippen LogP) is 1.48. The van der Waals surface area contributed by atoms with Gasteiger partial charge >= 0.3 is 5.97 Å². The van der Waals surface area contributed by atoms with Gasteiger partial charge in [-0.05, 0) is 30.7 Å². The van der Waals surface area contributed by atoms with Crippen molar-refractivity contribution < 1.29 is 14.6 Å². The number of ether oxygens (including phenoxy) is 1. The first-order chi connectivity index (χ1) is 9.75. The minimum atomic E-state index is -0.735. The molecule has 1 aliphatic rings. The van der Waals surface area contributed by atoms with Gasteiger partial charge in [0.1, 0.15) is 0 Å². The molecule has 0 atom stereocenters. The van der Waals surface area contributed by atoms with E-state index in [1.54, 1.807) is 0 Å². The minimum absolute atomic E-state index is 0.225. The monoisotopic (exact) mass is 278 g/mol. The third kappa shape index (κ3) is 4.83. The lowest BCUT2D eigenvalue weighted by Crippen LogP contribution is -2.36. The lowest BCUT2D eigenvalue weighted by molar-refractivity contribution is -0.137. The summed E-state index contributed by atoms with van der Waals surface area (Å²) in [6.45, 7) is 5.01. The summed E-state index contributed by atoms with van der Waals surface area (Å²) in [5, 5.41) is 11.8. The van der Waals surface area contributed by atoms with Crippen LogP contribution in [-0.2, 0) is 16.1 Å². The molecule has 0 aromatic heterocycles. The zero-order valence-electron chi connectivity index (χ0n) is 11.7. The smallest absolute Gasteiger partial charge is 0.303 e. The molecule has 1 heterocycles. The van der Waals surface area contributed by atoms with Crippen molar-refractivity contribution in [3.05, 3.63) is 29.8 Å². The number of morpholine rings is 1. The molecule has 0 unspecified atom stereocenters. The van der Waals surface area contributed by atoms with Crippen molar-refractivity contribution in [2.24, 2.45) is 0 Å². The Kier molecular flexibility index (Phi) is 5.83. The van der Waals surface area contributed by atoms with Gasteiger partial charge in [0.05, 0.1) is 13.2 Å². The molecule has 0 bridgehead atoms. The average molecular weight is 278 g/mol. The van der Waals surface area contributed by atoms with Crippen molar-refractivity contribution in [3.8, 4) is 0 Å². The maximum absolute atomic E-state index is 10.4. The first-order valence-electron chi connectivity index (χ1n) is 7.10. The van der Waals surface area contributed by atoms with Crippen LogP contribution < -0.4 is 10.2 Å². The van der Waals surface area contributed by atoms with Gasteiger partial charge in [-0.15, -0.1) is 0 Å². The maximum atomic E-state index is 10.4. The fourth-order valence-corrected chi connectivity index (χ4v) is 2.24. The van der Waals surface area contributed by atoms with Gasteiger partial charge in [-0.1, -0.05) is 12.1 Å². The fourth-order valence-electron chi connectivity index (χ4n) is 2.24. The third-order valence-corrected chi connectivity index (χ3v) is 3.39. The zero-order chi connectivity index (χ0) is 14.2. The highest BCUT2D eigenvalue weighted by atomic mass is 16.5. The molecule has 1 fully saturated rings. The lowest BCUT2D eigenvalue weighted by atomic mass is 10.2. The molecule has 5 nitrogen and oxygen atoms in total. The summed E-state index contributed by atoms with van der Waals surface area (Å²) in [7, 11) is 0. The Balaban J connectivity index is 1.72. The van der Waals surface area contributed by atoms with Crippen molar-refractivity contribution in [1.29, 1.82) is 0 Å². The molecule has 1 aromatic carbocycles. The highest BCUT2D eigenvalue weighted by Gasteiger charge is 2.10. The first-order valence-corrected chi connectivity index (χ1v) is 7.10. The van der Waals surface area contributed by atoms with E-state index in [9.17, 15) is 4.79 Å². The number of carboxylic acids is 1. The minimum Gasteiger partial charge on any atom is -0.481 e. The van der Waals surface area contributed by atoms with Gasteiger partial charge in [-0.2, -0.15) is 0 Å². The summed E-state index contributed by atoms with van der Waals surface area (Å²) in [4.78, 5) is 12.7. The van der Waals surface area contributed by atoms with E-state index in [0.717, 1.165) is 39.4 Å². The van der Waals surface area contributed by atoms with Crippen molar-refractivity contribution in [2.45, 2.75) is 19.4 Å². The number of nitrogens with zero attached hydrogens (tertiary/aromatic N) is 1. The lowest BCUT2D eigenvalue weighted by Gasteiger charge is -2.28. The van der Waals surface area contributed by atoms with Crippen LogP contribution in [0.4, 0.5) is 5.69 Å². The van der Waals surface area contributed by atoms with Gasteiger partial charge in [0, 0.05) is 31.7 Å². The standard InChI is InChI=1S/C15H22N2O3/c18-15(19)2-1-7-16-12-13-3-5-14(6-4-13)17-8-10-20-11-9-17/h3-6,16H,1-2,7-12H2,(H,18,19). The highest BCUT2D eigenvalue weighted by molar-refractivity contribution is 5.66. The quantitative estimate of drug-likeness (QED) is 0.740. The van der Waals surface area contributed by atoms with Crippen LogP contribution in [0.2, 0.25) is 0 Å². The summed E-state index contributed by atoms with van der Waals surface area (Å²) in [6.07, 6.45) is 0.893. The van der Waals surface area contributed by atoms with E-state index in [4.69, 9.17) is 9.84 Å². The van der Waals surface area contributed by atoms with E-state index < -0.39 is 5.97 Å². The topological polar surface area (TPSA) is 61.8 Å². The number of aliphatic carboxylic acids is 1. The van der Waals surface area contributed by atoms with E-state index in [2.05, 4.69) is 34.5 Å². The molecule has 2 N–H and O–H groups in total. The van der Waals surface area contributed by atoms with Crippen molar-refractivity contribution >= 4 is 11.7 Å². The molecule has 110 valence electrons. The molecular formula is C15H22N2O3. The molecule has 20 heavy (non-hydrogen) atoms. The second-order valence-electron chi connectivity index (χ2n) is 4.94. The summed E-state index contributed by atoms with van der Waals surface area (Å²) >= 11 is 0. The van der Waals surface area contributed by atoms with Crippen LogP contribution >= 0.6 is 0 Å². The molecule has 0 saturated carbocycles. The summed E-state index contributed by atoms with van der Waals surface area (Å²) in [5.41, 5.74) is 2.46. The molecule has 1 aromatic rings. The van der Waals surface area contributed by atoms with Crippen LogP contribution in [0.3, 0.4) is 0 Å². The Labute approximate surface area is 119 Å². The van der Waals surface area contributed by atoms with Gasteiger partial charge in [0.25, 0.3) is 0 Å². The molecule has 0 amide bonds. The number of anilines is 1. The summed E-state index contributed by atoms with van der Waals surface area (Å²) < 4.78 is 5.34. The Bertz CT molecular complexity index is 414. The van der Waals surface area contributed by atoms with Gasteiger partial charge in [-0.3, -0.25) is 4.79 Å². The number of hydrogen-bond acceptors (Lipinski definition) is 4. The molecule has 0 aliphatic carbocycles. The summed E-state index contributed by atoms with van der Waals surface area (Å²) in [5.74, 6) is -0.735. The molecule has 2 rings (SSSR count). The molecule has 5 heteroatoms. The Hall–Kier alpha value is -1.59. The number of nitrogens with one attached hydrogen (secondary N) is 1. The first kappa shape index (κ1) is 14.8. The third-order valence-electron chi connectivity index (χ3n) is 3.39. The summed E-state index contributed by atoms with van der Waals surface area (Å²) in [6, 6.07) is 8.52. The second-order valence-corrected chi connectivity index (χ2v) is 4.94. The van der Waals surface area contributed by atoms with Crippen molar-refractivity contribution in [2.75, 3.05) is 37.7 Å². The Morgan fingerprint density at radius 3 is 2.60 bits per heavy atom. The van der Waals surface area contributed by atoms with Crippen LogP contribution in [0.1, 0.15) is 18.4 Å². The van der Waals surface area contributed by atoms with Crippen molar-refractivity contribution in [3.63, 3.8) is 0 Å². The van der Waals surface area contributed by atoms with Crippen molar-refractivity contribution in [1.82, 2.24) is 5.32 Å². The van der Waals surface area contributed by atoms with E-state index in [1.165, 1.54) is 11.3 Å². The van der Waals surface area contributed by atoms with Crippen LogP contribution in [-0.4, -0.2) is 43.9 Å². The van der Waals surface area contributed by atoms with Crippen LogP contribution in [0.15, 0.2) is 24.3 Å². The molecular weight excluding hydrogens is 256 g/mol. The van der Waals surface area contributed by atoms with E-state index in [1.807, 2.05) is 0 Å². The number of benzene rings is 1. The largest absolute Gasteiger partial charge is 0.481 e. The zero-order valence-corrected chi connectivity index (χ0v) is 11.7. The van der Waals surface area contributed by atoms with Crippen LogP contribution in [0.25, 0.3) is 0 Å². The van der Waals surface area contributed by atoms with Gasteiger partial charge < -0.3 is 20.1 Å². The molecule has 1 aliphatic heterocycles. The Morgan fingerprint density at radius 1 is 1.25 bits per heavy atom. The normalized spacial score (nSPS) is 15.3. The van der Waals surface area contributed by atoms with Crippen LogP contribution in [0, 0.1) is 0 Å². The number of hydrogen-bond donors (Lipinski definition) is 2. The Morgan fingerprint density at radius 2 is 1.95 bits per heavy atom. The SMILES string of the molecule is O=C(O)CCCNCc1ccc(N2CCOCC2)cc1. The van der Waals surface area contributed by atoms with E-state index in [-0.39, 0.29) is 6.42 Å².